The van der Waals surface area contributed by atoms with Crippen LogP contribution in [0.3, 0.4) is 0 Å². The number of aliphatic hydroxyl groups excluding tert-OH is 2. The van der Waals surface area contributed by atoms with Crippen molar-refractivity contribution in [3.63, 3.8) is 0 Å². The van der Waals surface area contributed by atoms with Crippen LogP contribution in [-0.2, 0) is 20.4 Å². The van der Waals surface area contributed by atoms with Crippen LogP contribution in [0.2, 0.25) is 5.02 Å². The lowest BCUT2D eigenvalue weighted by Crippen LogP contribution is -2.46. The first kappa shape index (κ1) is 22.8. The van der Waals surface area contributed by atoms with E-state index in [0.717, 1.165) is 5.56 Å². The molecule has 1 saturated heterocycles. The van der Waals surface area contributed by atoms with Crippen LogP contribution in [0.1, 0.15) is 11.8 Å². The van der Waals surface area contributed by atoms with Gasteiger partial charge in [0.2, 0.25) is 11.7 Å². The van der Waals surface area contributed by atoms with Crippen molar-refractivity contribution in [3.05, 3.63) is 51.5 Å². The maximum Gasteiger partial charge on any atom is 0.469 e. The van der Waals surface area contributed by atoms with Gasteiger partial charge in [0, 0.05) is 5.02 Å². The van der Waals surface area contributed by atoms with Gasteiger partial charge in [0.15, 0.2) is 6.33 Å². The second kappa shape index (κ2) is 8.54. The number of phosphoric acid groups is 1. The molecule has 7 N–H and O–H groups in total. The number of nitrogens with two attached hydrogens (primary N) is 1. The number of nitrogen functional groups attached to an aromatic ring is 1. The first-order chi connectivity index (χ1) is 15.0. The number of nitrogens with one attached hydrogen (secondary N) is 1. The number of hydrogen-bond donors (Lipinski definition) is 6. The molecule has 15 heteroatoms. The molecule has 2 aromatic heterocycles. The van der Waals surface area contributed by atoms with E-state index in [1.165, 1.54) is 10.9 Å². The Morgan fingerprint density at radius 2 is 2.09 bits per heavy atom. The molecule has 0 radical (unpaired) electrons. The molecular formula is C17H20ClN5O8P+. The van der Waals surface area contributed by atoms with Gasteiger partial charge in [0.1, 0.15) is 18.3 Å². The number of fused-ring (bicyclic) bond motifs is 1. The molecule has 4 rings (SSSR count). The van der Waals surface area contributed by atoms with Crippen molar-refractivity contribution >= 4 is 36.5 Å². The zero-order valence-electron chi connectivity index (χ0n) is 16.3. The summed E-state index contributed by atoms with van der Waals surface area (Å²) in [5.41, 5.74) is 6.12. The number of H-pyrrole nitrogens is 1. The van der Waals surface area contributed by atoms with E-state index in [9.17, 15) is 19.6 Å². The van der Waals surface area contributed by atoms with Crippen LogP contribution in [0, 0.1) is 0 Å². The number of aliphatic hydroxyl groups is 2. The fourth-order valence-electron chi connectivity index (χ4n) is 3.58. The largest absolute Gasteiger partial charge is 0.469 e. The number of rotatable bonds is 6. The number of hydrogen-bond acceptors (Lipinski definition) is 8. The molecule has 1 aromatic carbocycles. The Labute approximate surface area is 184 Å². The monoisotopic (exact) mass is 488 g/mol. The molecule has 1 aliphatic rings. The fourth-order valence-corrected chi connectivity index (χ4v) is 4.13. The molecule has 3 heterocycles. The normalized spacial score (nSPS) is 23.8. The number of ether oxygens (including phenoxy) is 1. The Kier molecular flexibility index (Phi) is 6.09. The molecule has 0 amide bonds. The average Bonchev–Trinajstić information content (AvgIpc) is 3.17. The molecule has 4 atom stereocenters. The summed E-state index contributed by atoms with van der Waals surface area (Å²) in [6.45, 7) is -0.453. The standard InChI is InChI=1S/C17H19ClN5O8P/c18-9-3-1-2-8(4-9)5-22-7-23(14-11(22)15(26)21-17(19)20-14)16-13(25)12(24)10(31-16)6-30-32(27,28)29/h1-4,7,10,12-13,16,24-25H,5-6H2,(H4-,19,20,21,26,27,28,29)/p+1/t10-,12-,13-,16-/m1/s1. The van der Waals surface area contributed by atoms with E-state index in [1.807, 2.05) is 0 Å². The molecule has 32 heavy (non-hydrogen) atoms. The van der Waals surface area contributed by atoms with Gasteiger partial charge in [-0.25, -0.2) is 9.13 Å². The van der Waals surface area contributed by atoms with E-state index in [1.54, 1.807) is 28.8 Å². The molecule has 1 fully saturated rings. The minimum atomic E-state index is -4.82. The molecule has 1 aliphatic heterocycles. The molecule has 13 nitrogen and oxygen atoms in total. The molecule has 0 aliphatic carbocycles. The summed E-state index contributed by atoms with van der Waals surface area (Å²) >= 11 is 6.04. The number of aromatic amines is 1. The predicted octanol–water partition coefficient (Wildman–Crippen LogP) is -0.976. The van der Waals surface area contributed by atoms with Gasteiger partial charge in [0.25, 0.3) is 11.5 Å². The average molecular weight is 489 g/mol. The van der Waals surface area contributed by atoms with E-state index in [0.29, 0.717) is 5.02 Å². The van der Waals surface area contributed by atoms with Crippen LogP contribution in [0.15, 0.2) is 35.4 Å². The van der Waals surface area contributed by atoms with Gasteiger partial charge < -0.3 is 30.5 Å². The van der Waals surface area contributed by atoms with Gasteiger partial charge in [-0.2, -0.15) is 0 Å². The van der Waals surface area contributed by atoms with Gasteiger partial charge in [-0.1, -0.05) is 28.7 Å². The number of phosphoric ester groups is 1. The van der Waals surface area contributed by atoms with Crippen molar-refractivity contribution in [2.75, 3.05) is 12.3 Å². The van der Waals surface area contributed by atoms with E-state index < -0.39 is 44.5 Å². The number of nitrogens with zero attached hydrogens (tertiary/aromatic N) is 3. The summed E-state index contributed by atoms with van der Waals surface area (Å²) in [4.78, 5) is 37.0. The van der Waals surface area contributed by atoms with Crippen LogP contribution >= 0.6 is 19.4 Å². The smallest absolute Gasteiger partial charge is 0.387 e. The number of anilines is 1. The SMILES string of the molecule is Nc1nc2c(c(=O)[nH]1)n(Cc1cccc(Cl)c1)c[n+]2[C@@H]1O[C@H](COP(=O)(O)O)[C@@H](O)[C@H]1O. The van der Waals surface area contributed by atoms with Crippen LogP contribution in [0.5, 0.6) is 0 Å². The Morgan fingerprint density at radius 3 is 2.78 bits per heavy atom. The van der Waals surface area contributed by atoms with Crippen molar-refractivity contribution < 1.29 is 38.4 Å². The van der Waals surface area contributed by atoms with E-state index in [4.69, 9.17) is 31.9 Å². The molecular weight excluding hydrogens is 469 g/mol. The van der Waals surface area contributed by atoms with Crippen LogP contribution in [-0.4, -0.2) is 59.5 Å². The van der Waals surface area contributed by atoms with Crippen molar-refractivity contribution in [1.29, 1.82) is 0 Å². The molecule has 0 spiro atoms. The maximum atomic E-state index is 12.6. The number of benzene rings is 1. The summed E-state index contributed by atoms with van der Waals surface area (Å²) in [7, 11) is -4.82. The summed E-state index contributed by atoms with van der Waals surface area (Å²) in [5, 5.41) is 21.3. The molecule has 3 aromatic rings. The number of imidazole rings is 1. The lowest BCUT2D eigenvalue weighted by atomic mass is 10.1. The first-order valence-corrected chi connectivity index (χ1v) is 11.2. The predicted molar refractivity (Wildman–Crippen MR) is 109 cm³/mol. The quantitative estimate of drug-likeness (QED) is 0.185. The summed E-state index contributed by atoms with van der Waals surface area (Å²) in [6.07, 6.45) is -4.07. The van der Waals surface area contributed by atoms with Crippen molar-refractivity contribution in [1.82, 2.24) is 14.5 Å². The van der Waals surface area contributed by atoms with E-state index in [-0.39, 0.29) is 23.7 Å². The van der Waals surface area contributed by atoms with Gasteiger partial charge >= 0.3 is 13.5 Å². The Morgan fingerprint density at radius 1 is 1.34 bits per heavy atom. The topological polar surface area (TPSA) is 197 Å². The Balaban J connectivity index is 1.74. The highest BCUT2D eigenvalue weighted by atomic mass is 35.5. The molecule has 0 saturated carbocycles. The van der Waals surface area contributed by atoms with Gasteiger partial charge in [-0.15, -0.1) is 0 Å². The van der Waals surface area contributed by atoms with Crippen LogP contribution < -0.4 is 15.9 Å². The van der Waals surface area contributed by atoms with Crippen molar-refractivity contribution in [3.8, 4) is 0 Å². The highest BCUT2D eigenvalue weighted by molar-refractivity contribution is 7.46. The lowest BCUT2D eigenvalue weighted by Gasteiger charge is -2.14. The highest BCUT2D eigenvalue weighted by Crippen LogP contribution is 2.37. The highest BCUT2D eigenvalue weighted by Gasteiger charge is 2.47. The maximum absolute atomic E-state index is 12.6. The van der Waals surface area contributed by atoms with E-state index in [2.05, 4.69) is 14.5 Å². The van der Waals surface area contributed by atoms with Gasteiger partial charge in [0.05, 0.1) is 13.2 Å². The first-order valence-electron chi connectivity index (χ1n) is 9.29. The Hall–Kier alpha value is -2.35. The fraction of sp³-hybridized carbons (Fsp3) is 0.353. The van der Waals surface area contributed by atoms with Crippen molar-refractivity contribution in [2.45, 2.75) is 31.1 Å². The number of halogens is 1. The third-order valence-corrected chi connectivity index (χ3v) is 5.67. The van der Waals surface area contributed by atoms with Crippen LogP contribution in [0.25, 0.3) is 11.2 Å². The van der Waals surface area contributed by atoms with Crippen LogP contribution in [0.4, 0.5) is 5.95 Å². The minimum absolute atomic E-state index is 0.0704. The molecule has 0 unspecified atom stereocenters. The second-order valence-corrected chi connectivity index (χ2v) is 8.91. The summed E-state index contributed by atoms with van der Waals surface area (Å²) < 4.78 is 23.8. The van der Waals surface area contributed by atoms with Gasteiger partial charge in [-0.3, -0.25) is 18.9 Å². The van der Waals surface area contributed by atoms with Gasteiger partial charge in [-0.05, 0) is 17.7 Å². The molecule has 0 bridgehead atoms. The summed E-state index contributed by atoms with van der Waals surface area (Å²) in [6, 6.07) is 6.99. The second-order valence-electron chi connectivity index (χ2n) is 7.24. The zero-order chi connectivity index (χ0) is 23.2. The van der Waals surface area contributed by atoms with Crippen molar-refractivity contribution in [2.24, 2.45) is 0 Å². The third-order valence-electron chi connectivity index (χ3n) is 4.95. The molecule has 172 valence electrons. The minimum Gasteiger partial charge on any atom is -0.387 e. The number of aromatic nitrogens is 4. The van der Waals surface area contributed by atoms with E-state index >= 15 is 0 Å². The third kappa shape index (κ3) is 4.56. The zero-order valence-corrected chi connectivity index (χ0v) is 17.9. The Bertz CT molecular complexity index is 1260. The lowest BCUT2D eigenvalue weighted by molar-refractivity contribution is -0.745. The summed E-state index contributed by atoms with van der Waals surface area (Å²) in [5.74, 6) is -0.175.